The van der Waals surface area contributed by atoms with Gasteiger partial charge in [-0.3, -0.25) is 4.79 Å². The summed E-state index contributed by atoms with van der Waals surface area (Å²) in [6, 6.07) is 1.86. The Balaban J connectivity index is 2.36. The summed E-state index contributed by atoms with van der Waals surface area (Å²) in [4.78, 5) is 17.4. The van der Waals surface area contributed by atoms with Crippen LogP contribution in [0.15, 0.2) is 16.7 Å². The van der Waals surface area contributed by atoms with Gasteiger partial charge in [-0.2, -0.15) is 0 Å². The van der Waals surface area contributed by atoms with E-state index in [1.54, 1.807) is 6.20 Å². The number of carbonyl (C=O) groups is 1. The van der Waals surface area contributed by atoms with Crippen molar-refractivity contribution < 1.29 is 9.53 Å². The summed E-state index contributed by atoms with van der Waals surface area (Å²) in [7, 11) is 0. The minimum Gasteiger partial charge on any atom is -0.378 e. The number of hydrogen-bond acceptors (Lipinski definition) is 4. The van der Waals surface area contributed by atoms with E-state index in [9.17, 15) is 4.79 Å². The van der Waals surface area contributed by atoms with Crippen molar-refractivity contribution >= 4 is 27.5 Å². The topological polar surface area (TPSA) is 68.5 Å². The number of aromatic nitrogens is 1. The predicted octanol–water partition coefficient (Wildman–Crippen LogP) is 0.780. The monoisotopic (exact) mass is 285 g/mol. The summed E-state index contributed by atoms with van der Waals surface area (Å²) in [6.45, 7) is 2.81. The maximum Gasteiger partial charge on any atom is 0.269 e. The Hall–Kier alpha value is -1.14. The van der Waals surface area contributed by atoms with E-state index in [0.717, 1.165) is 23.2 Å². The molecule has 0 aromatic carbocycles. The van der Waals surface area contributed by atoms with Gasteiger partial charge in [-0.25, -0.2) is 4.98 Å². The summed E-state index contributed by atoms with van der Waals surface area (Å²) in [5.74, 6) is -0.506. The van der Waals surface area contributed by atoms with Crippen LogP contribution in [0.2, 0.25) is 0 Å². The Morgan fingerprint density at radius 3 is 2.81 bits per heavy atom. The second kappa shape index (κ2) is 4.80. The van der Waals surface area contributed by atoms with Crippen LogP contribution in [0, 0.1) is 0 Å². The molecule has 16 heavy (non-hydrogen) atoms. The molecule has 0 aliphatic carbocycles. The second-order valence-corrected chi connectivity index (χ2v) is 4.40. The van der Waals surface area contributed by atoms with E-state index in [0.29, 0.717) is 18.9 Å². The molecular formula is C10H12BrN3O2. The second-order valence-electron chi connectivity index (χ2n) is 3.48. The molecule has 0 radical (unpaired) electrons. The molecule has 2 heterocycles. The molecule has 1 aliphatic rings. The Labute approximate surface area is 102 Å². The Morgan fingerprint density at radius 2 is 2.19 bits per heavy atom. The van der Waals surface area contributed by atoms with Crippen LogP contribution in [0.3, 0.4) is 0 Å². The molecule has 1 aromatic heterocycles. The fourth-order valence-electron chi connectivity index (χ4n) is 1.66. The normalized spacial score (nSPS) is 16.2. The molecule has 0 atom stereocenters. The van der Waals surface area contributed by atoms with Crippen LogP contribution in [0.5, 0.6) is 0 Å². The highest BCUT2D eigenvalue weighted by atomic mass is 79.9. The number of hydrogen-bond donors (Lipinski definition) is 1. The highest BCUT2D eigenvalue weighted by Crippen LogP contribution is 2.23. The third-order valence-corrected chi connectivity index (χ3v) is 2.85. The standard InChI is InChI=1S/C10H12BrN3O2/c11-7-5-8(9(10(12)15)13-6-7)14-1-3-16-4-2-14/h5-6H,1-4H2,(H2,12,15). The Bertz CT molecular complexity index is 405. The summed E-state index contributed by atoms with van der Waals surface area (Å²) < 4.78 is 6.09. The average molecular weight is 286 g/mol. The van der Waals surface area contributed by atoms with Gasteiger partial charge in [-0.05, 0) is 22.0 Å². The maximum atomic E-state index is 11.3. The fourth-order valence-corrected chi connectivity index (χ4v) is 1.98. The van der Waals surface area contributed by atoms with Gasteiger partial charge in [0.15, 0.2) is 5.69 Å². The number of nitrogens with two attached hydrogens (primary N) is 1. The van der Waals surface area contributed by atoms with Crippen molar-refractivity contribution in [3.05, 3.63) is 22.4 Å². The van der Waals surface area contributed by atoms with Crippen molar-refractivity contribution in [2.75, 3.05) is 31.2 Å². The van der Waals surface area contributed by atoms with Crippen molar-refractivity contribution in [3.8, 4) is 0 Å². The number of pyridine rings is 1. The number of carbonyl (C=O) groups excluding carboxylic acids is 1. The van der Waals surface area contributed by atoms with E-state index >= 15 is 0 Å². The van der Waals surface area contributed by atoms with E-state index in [1.165, 1.54) is 0 Å². The molecule has 1 saturated heterocycles. The lowest BCUT2D eigenvalue weighted by molar-refractivity contribution is 0.0993. The minimum absolute atomic E-state index is 0.310. The zero-order valence-corrected chi connectivity index (χ0v) is 10.2. The highest BCUT2D eigenvalue weighted by molar-refractivity contribution is 9.10. The van der Waals surface area contributed by atoms with Crippen LogP contribution < -0.4 is 10.6 Å². The van der Waals surface area contributed by atoms with Gasteiger partial charge in [0.25, 0.3) is 5.91 Å². The number of rotatable bonds is 2. The fraction of sp³-hybridized carbons (Fsp3) is 0.400. The van der Waals surface area contributed by atoms with Gasteiger partial charge in [-0.15, -0.1) is 0 Å². The molecule has 1 aromatic rings. The summed E-state index contributed by atoms with van der Waals surface area (Å²) in [6.07, 6.45) is 1.57. The summed E-state index contributed by atoms with van der Waals surface area (Å²) in [5.41, 5.74) is 6.38. The van der Waals surface area contributed by atoms with Gasteiger partial charge in [0.1, 0.15) is 0 Å². The molecule has 0 spiro atoms. The minimum atomic E-state index is -0.506. The lowest BCUT2D eigenvalue weighted by Crippen LogP contribution is -2.37. The van der Waals surface area contributed by atoms with E-state index < -0.39 is 5.91 Å². The molecule has 0 unspecified atom stereocenters. The molecular weight excluding hydrogens is 274 g/mol. The first-order chi connectivity index (χ1) is 7.68. The van der Waals surface area contributed by atoms with Crippen molar-refractivity contribution in [1.82, 2.24) is 4.98 Å². The first kappa shape index (κ1) is 11.3. The Kier molecular flexibility index (Phi) is 3.40. The largest absolute Gasteiger partial charge is 0.378 e. The molecule has 0 bridgehead atoms. The number of primary amides is 1. The third kappa shape index (κ3) is 2.33. The van der Waals surface area contributed by atoms with Crippen LogP contribution >= 0.6 is 15.9 Å². The number of morpholine rings is 1. The van der Waals surface area contributed by atoms with Crippen molar-refractivity contribution in [3.63, 3.8) is 0 Å². The van der Waals surface area contributed by atoms with Crippen LogP contribution in [-0.2, 0) is 4.74 Å². The van der Waals surface area contributed by atoms with Gasteiger partial charge >= 0.3 is 0 Å². The third-order valence-electron chi connectivity index (χ3n) is 2.42. The van der Waals surface area contributed by atoms with Gasteiger partial charge in [0.2, 0.25) is 0 Å². The molecule has 6 heteroatoms. The van der Waals surface area contributed by atoms with Crippen molar-refractivity contribution in [1.29, 1.82) is 0 Å². The SMILES string of the molecule is NC(=O)c1ncc(Br)cc1N1CCOCC1. The Morgan fingerprint density at radius 1 is 1.50 bits per heavy atom. The van der Waals surface area contributed by atoms with Gasteiger partial charge < -0.3 is 15.4 Å². The van der Waals surface area contributed by atoms with Gasteiger partial charge in [0, 0.05) is 23.8 Å². The van der Waals surface area contributed by atoms with E-state index in [2.05, 4.69) is 25.8 Å². The molecule has 2 rings (SSSR count). The van der Waals surface area contributed by atoms with E-state index in [-0.39, 0.29) is 0 Å². The first-order valence-electron chi connectivity index (χ1n) is 4.96. The zero-order valence-electron chi connectivity index (χ0n) is 8.65. The molecule has 2 N–H and O–H groups in total. The van der Waals surface area contributed by atoms with E-state index in [1.807, 2.05) is 6.07 Å². The number of amides is 1. The quantitative estimate of drug-likeness (QED) is 0.872. The molecule has 1 aliphatic heterocycles. The average Bonchev–Trinajstić information content (AvgIpc) is 2.29. The smallest absolute Gasteiger partial charge is 0.269 e. The molecule has 0 saturated carbocycles. The number of anilines is 1. The maximum absolute atomic E-state index is 11.3. The van der Waals surface area contributed by atoms with Crippen LogP contribution in [0.1, 0.15) is 10.5 Å². The van der Waals surface area contributed by atoms with E-state index in [4.69, 9.17) is 10.5 Å². The van der Waals surface area contributed by atoms with Crippen molar-refractivity contribution in [2.24, 2.45) is 5.73 Å². The summed E-state index contributed by atoms with van der Waals surface area (Å²) in [5, 5.41) is 0. The number of halogens is 1. The number of ether oxygens (including phenoxy) is 1. The van der Waals surface area contributed by atoms with Crippen molar-refractivity contribution in [2.45, 2.75) is 0 Å². The summed E-state index contributed by atoms with van der Waals surface area (Å²) >= 11 is 3.34. The lowest BCUT2D eigenvalue weighted by atomic mass is 10.2. The molecule has 1 amide bonds. The molecule has 1 fully saturated rings. The van der Waals surface area contributed by atoms with Crippen LogP contribution in [-0.4, -0.2) is 37.2 Å². The number of nitrogens with zero attached hydrogens (tertiary/aromatic N) is 2. The zero-order chi connectivity index (χ0) is 11.5. The molecule has 5 nitrogen and oxygen atoms in total. The van der Waals surface area contributed by atoms with Crippen LogP contribution in [0.4, 0.5) is 5.69 Å². The van der Waals surface area contributed by atoms with Crippen LogP contribution in [0.25, 0.3) is 0 Å². The highest BCUT2D eigenvalue weighted by Gasteiger charge is 2.18. The first-order valence-corrected chi connectivity index (χ1v) is 5.76. The lowest BCUT2D eigenvalue weighted by Gasteiger charge is -2.29. The predicted molar refractivity (Wildman–Crippen MR) is 63.5 cm³/mol. The van der Waals surface area contributed by atoms with Gasteiger partial charge in [-0.1, -0.05) is 0 Å². The molecule has 86 valence electrons. The van der Waals surface area contributed by atoms with Gasteiger partial charge in [0.05, 0.1) is 18.9 Å².